The molecule has 0 spiro atoms. The molecule has 2 aromatic carbocycles. The Morgan fingerprint density at radius 3 is 2.69 bits per heavy atom. The van der Waals surface area contributed by atoms with E-state index < -0.39 is 11.7 Å². The third-order valence-corrected chi connectivity index (χ3v) is 5.68. The first-order valence-electron chi connectivity index (χ1n) is 10.8. The van der Waals surface area contributed by atoms with E-state index in [2.05, 4.69) is 25.5 Å². The predicted octanol–water partition coefficient (Wildman–Crippen LogP) is 4.35. The van der Waals surface area contributed by atoms with Gasteiger partial charge >= 0.3 is 0 Å². The van der Waals surface area contributed by atoms with Crippen LogP contribution in [0, 0.1) is 5.82 Å². The molecule has 1 amide bonds. The molecule has 5 aromatic rings. The van der Waals surface area contributed by atoms with Crippen LogP contribution in [0.1, 0.15) is 15.9 Å². The molecular weight excluding hydrogens is 447 g/mol. The normalized spacial score (nSPS) is 10.9. The van der Waals surface area contributed by atoms with E-state index in [0.29, 0.717) is 17.3 Å². The van der Waals surface area contributed by atoms with Crippen molar-refractivity contribution in [2.75, 3.05) is 12.8 Å². The average molecular weight is 468 g/mol. The molecule has 0 fully saturated rings. The lowest BCUT2D eigenvalue weighted by molar-refractivity contribution is 0.0947. The molecule has 3 aromatic heterocycles. The second-order valence-corrected chi connectivity index (χ2v) is 7.85. The van der Waals surface area contributed by atoms with Crippen molar-refractivity contribution in [3.05, 3.63) is 90.1 Å². The Balaban J connectivity index is 1.39. The van der Waals surface area contributed by atoms with Crippen LogP contribution >= 0.6 is 0 Å². The van der Waals surface area contributed by atoms with E-state index in [9.17, 15) is 9.18 Å². The average Bonchev–Trinajstić information content (AvgIpc) is 3.29. The lowest BCUT2D eigenvalue weighted by Crippen LogP contribution is -2.23. The van der Waals surface area contributed by atoms with Gasteiger partial charge in [0, 0.05) is 41.8 Å². The molecule has 3 heterocycles. The Morgan fingerprint density at radius 1 is 1.11 bits per heavy atom. The molecule has 5 rings (SSSR count). The number of anilines is 1. The van der Waals surface area contributed by atoms with E-state index in [1.54, 1.807) is 18.6 Å². The first-order valence-corrected chi connectivity index (χ1v) is 10.8. The largest absolute Gasteiger partial charge is 0.496 e. The second kappa shape index (κ2) is 9.22. The van der Waals surface area contributed by atoms with Crippen molar-refractivity contribution in [2.24, 2.45) is 0 Å². The van der Waals surface area contributed by atoms with Crippen molar-refractivity contribution >= 4 is 22.6 Å². The van der Waals surface area contributed by atoms with Crippen LogP contribution < -0.4 is 15.8 Å². The van der Waals surface area contributed by atoms with Crippen LogP contribution in [0.5, 0.6) is 5.75 Å². The standard InChI is InChI=1S/C26H21FN6O2/c1-35-21-9-8-18(27)11-19(21)26(34)31-12-15-4-6-16(7-5-15)23-22-24(32-33-25(22)28)20(14-30-23)17-3-2-10-29-13-17/h2-11,13-14H,12H2,1H3,(H,31,34)(H3,28,32,33). The molecule has 0 aliphatic carbocycles. The smallest absolute Gasteiger partial charge is 0.255 e. The van der Waals surface area contributed by atoms with E-state index in [1.807, 2.05) is 36.4 Å². The van der Waals surface area contributed by atoms with Crippen molar-refractivity contribution in [1.82, 2.24) is 25.5 Å². The maximum absolute atomic E-state index is 13.6. The van der Waals surface area contributed by atoms with Gasteiger partial charge in [-0.25, -0.2) is 4.39 Å². The molecule has 4 N–H and O–H groups in total. The minimum absolute atomic E-state index is 0.139. The second-order valence-electron chi connectivity index (χ2n) is 7.85. The molecule has 35 heavy (non-hydrogen) atoms. The summed E-state index contributed by atoms with van der Waals surface area (Å²) in [5.74, 6) is -0.270. The third kappa shape index (κ3) is 4.26. The molecule has 0 saturated heterocycles. The molecule has 9 heteroatoms. The highest BCUT2D eigenvalue weighted by Gasteiger charge is 2.17. The number of carbonyl (C=O) groups is 1. The van der Waals surface area contributed by atoms with Gasteiger partial charge in [0.05, 0.1) is 29.3 Å². The number of carbonyl (C=O) groups excluding carboxylic acids is 1. The summed E-state index contributed by atoms with van der Waals surface area (Å²) in [5.41, 5.74) is 11.3. The molecule has 0 radical (unpaired) electrons. The number of halogens is 1. The number of methoxy groups -OCH3 is 1. The van der Waals surface area contributed by atoms with Gasteiger partial charge in [0.1, 0.15) is 11.6 Å². The highest BCUT2D eigenvalue weighted by molar-refractivity contribution is 6.06. The fraction of sp³-hybridized carbons (Fsp3) is 0.0769. The van der Waals surface area contributed by atoms with Gasteiger partial charge in [-0.1, -0.05) is 30.3 Å². The van der Waals surface area contributed by atoms with Gasteiger partial charge < -0.3 is 15.8 Å². The first-order chi connectivity index (χ1) is 17.0. The van der Waals surface area contributed by atoms with Crippen LogP contribution in [0.15, 0.2) is 73.2 Å². The van der Waals surface area contributed by atoms with Crippen molar-refractivity contribution in [3.63, 3.8) is 0 Å². The van der Waals surface area contributed by atoms with Gasteiger partial charge in [0.15, 0.2) is 5.82 Å². The quantitative estimate of drug-likeness (QED) is 0.341. The van der Waals surface area contributed by atoms with Gasteiger partial charge in [0.25, 0.3) is 5.91 Å². The maximum atomic E-state index is 13.6. The van der Waals surface area contributed by atoms with Gasteiger partial charge in [-0.2, -0.15) is 5.10 Å². The van der Waals surface area contributed by atoms with E-state index in [-0.39, 0.29) is 12.1 Å². The number of nitrogen functional groups attached to an aromatic ring is 1. The minimum atomic E-state index is -0.507. The lowest BCUT2D eigenvalue weighted by atomic mass is 10.0. The van der Waals surface area contributed by atoms with E-state index in [0.717, 1.165) is 39.2 Å². The van der Waals surface area contributed by atoms with Crippen LogP contribution in [0.4, 0.5) is 10.2 Å². The van der Waals surface area contributed by atoms with Crippen LogP contribution in [0.3, 0.4) is 0 Å². The molecule has 174 valence electrons. The monoisotopic (exact) mass is 468 g/mol. The van der Waals surface area contributed by atoms with Gasteiger partial charge in [-0.3, -0.25) is 19.9 Å². The number of nitrogens with two attached hydrogens (primary N) is 1. The lowest BCUT2D eigenvalue weighted by Gasteiger charge is -2.11. The highest BCUT2D eigenvalue weighted by atomic mass is 19.1. The number of hydrogen-bond acceptors (Lipinski definition) is 6. The van der Waals surface area contributed by atoms with Crippen LogP contribution in [-0.4, -0.2) is 33.2 Å². The van der Waals surface area contributed by atoms with Gasteiger partial charge in [0.2, 0.25) is 0 Å². The number of fused-ring (bicyclic) bond motifs is 1. The number of nitrogens with one attached hydrogen (secondary N) is 2. The van der Waals surface area contributed by atoms with Crippen LogP contribution in [-0.2, 0) is 6.54 Å². The summed E-state index contributed by atoms with van der Waals surface area (Å²) in [5, 5.41) is 10.7. The maximum Gasteiger partial charge on any atom is 0.255 e. The topological polar surface area (TPSA) is 119 Å². The van der Waals surface area contributed by atoms with Crippen molar-refractivity contribution < 1.29 is 13.9 Å². The molecule has 0 bridgehead atoms. The Kier molecular flexibility index (Phi) is 5.80. The number of aromatic nitrogens is 4. The minimum Gasteiger partial charge on any atom is -0.496 e. The number of hydrogen-bond donors (Lipinski definition) is 3. The summed E-state index contributed by atoms with van der Waals surface area (Å²) >= 11 is 0. The van der Waals surface area contributed by atoms with Crippen molar-refractivity contribution in [1.29, 1.82) is 0 Å². The number of amides is 1. The Bertz CT molecular complexity index is 1520. The van der Waals surface area contributed by atoms with Crippen LogP contribution in [0.25, 0.3) is 33.3 Å². The number of pyridine rings is 2. The summed E-state index contributed by atoms with van der Waals surface area (Å²) in [6, 6.07) is 15.2. The molecule has 0 aliphatic rings. The number of aromatic amines is 1. The number of benzene rings is 2. The number of ether oxygens (including phenoxy) is 1. The summed E-state index contributed by atoms with van der Waals surface area (Å²) in [4.78, 5) is 21.4. The summed E-state index contributed by atoms with van der Waals surface area (Å²) in [7, 11) is 1.43. The number of nitrogens with zero attached hydrogens (tertiary/aromatic N) is 3. The molecule has 0 aliphatic heterocycles. The molecule has 0 atom stereocenters. The number of rotatable bonds is 6. The molecule has 0 unspecified atom stereocenters. The predicted molar refractivity (Wildman–Crippen MR) is 131 cm³/mol. The summed E-state index contributed by atoms with van der Waals surface area (Å²) in [6.07, 6.45) is 5.24. The fourth-order valence-corrected chi connectivity index (χ4v) is 3.92. The van der Waals surface area contributed by atoms with E-state index in [4.69, 9.17) is 10.5 Å². The Labute approximate surface area is 200 Å². The molecule has 8 nitrogen and oxygen atoms in total. The Morgan fingerprint density at radius 2 is 1.94 bits per heavy atom. The SMILES string of the molecule is COc1ccc(F)cc1C(=O)NCc1ccc(-c2ncc(-c3cccnc3)c3[nH]nc(N)c23)cc1. The highest BCUT2D eigenvalue weighted by Crippen LogP contribution is 2.35. The Hall–Kier alpha value is -4.79. The molecule has 0 saturated carbocycles. The van der Waals surface area contributed by atoms with Crippen molar-refractivity contribution in [2.45, 2.75) is 6.54 Å². The zero-order chi connectivity index (χ0) is 24.4. The van der Waals surface area contributed by atoms with E-state index >= 15 is 0 Å². The fourth-order valence-electron chi connectivity index (χ4n) is 3.92. The van der Waals surface area contributed by atoms with Gasteiger partial charge in [-0.05, 0) is 29.8 Å². The summed E-state index contributed by atoms with van der Waals surface area (Å²) < 4.78 is 18.7. The van der Waals surface area contributed by atoms with E-state index in [1.165, 1.54) is 19.2 Å². The zero-order valence-corrected chi connectivity index (χ0v) is 18.7. The van der Waals surface area contributed by atoms with Crippen LogP contribution in [0.2, 0.25) is 0 Å². The number of H-pyrrole nitrogens is 1. The first kappa shape index (κ1) is 22.0. The molecular formula is C26H21FN6O2. The van der Waals surface area contributed by atoms with Gasteiger partial charge in [-0.15, -0.1) is 0 Å². The van der Waals surface area contributed by atoms with Crippen molar-refractivity contribution in [3.8, 4) is 28.1 Å². The summed E-state index contributed by atoms with van der Waals surface area (Å²) in [6.45, 7) is 0.259. The zero-order valence-electron chi connectivity index (χ0n) is 18.7. The third-order valence-electron chi connectivity index (χ3n) is 5.68.